The van der Waals surface area contributed by atoms with Gasteiger partial charge in [0.1, 0.15) is 0 Å². The highest BCUT2D eigenvalue weighted by atomic mass is 16.4. The molecule has 0 aliphatic heterocycles. The van der Waals surface area contributed by atoms with Crippen LogP contribution in [0.2, 0.25) is 0 Å². The summed E-state index contributed by atoms with van der Waals surface area (Å²) in [6.07, 6.45) is 13.5. The molecule has 0 bridgehead atoms. The highest BCUT2D eigenvalue weighted by molar-refractivity contribution is 5.66. The molecule has 0 aromatic heterocycles. The Kier molecular flexibility index (Phi) is 12.6. The van der Waals surface area contributed by atoms with Crippen LogP contribution in [-0.2, 0) is 4.79 Å². The SMILES string of the molecule is CCCCCCC[C@H](O)CC[C@@H]1[C@@H](C/C=C\CCCC(=O)O)[C@@H](O)C[C@H]1O. The maximum Gasteiger partial charge on any atom is 0.303 e. The van der Waals surface area contributed by atoms with Gasteiger partial charge in [-0.3, -0.25) is 4.79 Å². The third-order valence-electron chi connectivity index (χ3n) is 5.83. The second-order valence-electron chi connectivity index (χ2n) is 8.13. The number of aliphatic carboxylic acids is 1. The first-order valence-corrected chi connectivity index (χ1v) is 10.9. The zero-order valence-electron chi connectivity index (χ0n) is 16.9. The van der Waals surface area contributed by atoms with Crippen molar-refractivity contribution in [2.45, 2.75) is 109 Å². The fourth-order valence-electron chi connectivity index (χ4n) is 4.16. The van der Waals surface area contributed by atoms with Crippen molar-refractivity contribution < 1.29 is 25.2 Å². The quantitative estimate of drug-likeness (QED) is 0.252. The van der Waals surface area contributed by atoms with Crippen molar-refractivity contribution in [2.75, 3.05) is 0 Å². The Morgan fingerprint density at radius 3 is 2.41 bits per heavy atom. The zero-order chi connectivity index (χ0) is 20.1. The summed E-state index contributed by atoms with van der Waals surface area (Å²) in [5.41, 5.74) is 0. The molecule has 0 aromatic carbocycles. The van der Waals surface area contributed by atoms with Crippen LogP contribution in [0.15, 0.2) is 12.2 Å². The molecule has 5 nitrogen and oxygen atoms in total. The van der Waals surface area contributed by atoms with Gasteiger partial charge in [0.25, 0.3) is 0 Å². The number of unbranched alkanes of at least 4 members (excludes halogenated alkanes) is 5. The minimum absolute atomic E-state index is 0.0208. The van der Waals surface area contributed by atoms with E-state index in [-0.39, 0.29) is 24.4 Å². The van der Waals surface area contributed by atoms with Gasteiger partial charge in [-0.1, -0.05) is 51.2 Å². The van der Waals surface area contributed by atoms with Crippen molar-refractivity contribution in [1.29, 1.82) is 0 Å². The number of rotatable bonds is 15. The number of allylic oxidation sites excluding steroid dienone is 2. The summed E-state index contributed by atoms with van der Waals surface area (Å²) in [6.45, 7) is 2.19. The van der Waals surface area contributed by atoms with Crippen molar-refractivity contribution in [2.24, 2.45) is 11.8 Å². The van der Waals surface area contributed by atoms with Crippen molar-refractivity contribution >= 4 is 5.97 Å². The monoisotopic (exact) mass is 384 g/mol. The Morgan fingerprint density at radius 1 is 1.00 bits per heavy atom. The molecular weight excluding hydrogens is 344 g/mol. The molecule has 27 heavy (non-hydrogen) atoms. The summed E-state index contributed by atoms with van der Waals surface area (Å²) in [5.74, 6) is -0.729. The van der Waals surface area contributed by atoms with Gasteiger partial charge in [-0.15, -0.1) is 0 Å². The Balaban J connectivity index is 2.31. The minimum Gasteiger partial charge on any atom is -0.481 e. The van der Waals surface area contributed by atoms with Gasteiger partial charge in [0, 0.05) is 6.42 Å². The van der Waals surface area contributed by atoms with Crippen LogP contribution < -0.4 is 0 Å². The molecule has 0 heterocycles. The summed E-state index contributed by atoms with van der Waals surface area (Å²) in [7, 11) is 0. The van der Waals surface area contributed by atoms with E-state index in [0.29, 0.717) is 25.7 Å². The molecule has 0 unspecified atom stereocenters. The first-order chi connectivity index (χ1) is 13.0. The molecule has 0 spiro atoms. The van der Waals surface area contributed by atoms with E-state index < -0.39 is 18.2 Å². The van der Waals surface area contributed by atoms with E-state index in [0.717, 1.165) is 25.7 Å². The van der Waals surface area contributed by atoms with Gasteiger partial charge < -0.3 is 20.4 Å². The van der Waals surface area contributed by atoms with Crippen LogP contribution in [0.1, 0.15) is 90.4 Å². The van der Waals surface area contributed by atoms with E-state index in [1.807, 2.05) is 12.2 Å². The first-order valence-electron chi connectivity index (χ1n) is 10.9. The van der Waals surface area contributed by atoms with E-state index in [4.69, 9.17) is 5.11 Å². The van der Waals surface area contributed by atoms with Crippen LogP contribution in [-0.4, -0.2) is 44.7 Å². The fraction of sp³-hybridized carbons (Fsp3) is 0.864. The van der Waals surface area contributed by atoms with Crippen molar-refractivity contribution in [1.82, 2.24) is 0 Å². The van der Waals surface area contributed by atoms with E-state index >= 15 is 0 Å². The largest absolute Gasteiger partial charge is 0.481 e. The van der Waals surface area contributed by atoms with Crippen LogP contribution in [0.25, 0.3) is 0 Å². The van der Waals surface area contributed by atoms with Gasteiger partial charge >= 0.3 is 5.97 Å². The lowest BCUT2D eigenvalue weighted by molar-refractivity contribution is -0.137. The Hall–Kier alpha value is -0.910. The lowest BCUT2D eigenvalue weighted by Crippen LogP contribution is -2.23. The Morgan fingerprint density at radius 2 is 1.70 bits per heavy atom. The average molecular weight is 385 g/mol. The second kappa shape index (κ2) is 14.1. The molecule has 0 amide bonds. The van der Waals surface area contributed by atoms with Crippen LogP contribution >= 0.6 is 0 Å². The number of carbonyl (C=O) groups is 1. The van der Waals surface area contributed by atoms with Gasteiger partial charge in [0.15, 0.2) is 0 Å². The molecule has 0 aromatic rings. The molecule has 0 saturated heterocycles. The Bertz CT molecular complexity index is 423. The number of carboxylic acids is 1. The average Bonchev–Trinajstić information content (AvgIpc) is 2.88. The predicted octanol–water partition coefficient (Wildman–Crippen LogP) is 4.05. The van der Waals surface area contributed by atoms with Crippen molar-refractivity contribution in [3.05, 3.63) is 12.2 Å². The lowest BCUT2D eigenvalue weighted by atomic mass is 9.85. The van der Waals surface area contributed by atoms with Crippen LogP contribution in [0, 0.1) is 11.8 Å². The standard InChI is InChI=1S/C22H40O5/c1-2-3-4-5-8-11-17(23)14-15-19-18(20(24)16-21(19)25)12-9-6-7-10-13-22(26)27/h6,9,17-21,23-25H,2-5,7-8,10-16H2,1H3,(H,26,27)/b9-6-/t17-,18+,19+,20-,21+/m0/s1. The third-order valence-corrected chi connectivity index (χ3v) is 5.83. The van der Waals surface area contributed by atoms with Gasteiger partial charge in [0.2, 0.25) is 0 Å². The van der Waals surface area contributed by atoms with Gasteiger partial charge in [-0.25, -0.2) is 0 Å². The second-order valence-corrected chi connectivity index (χ2v) is 8.13. The third kappa shape index (κ3) is 10.3. The smallest absolute Gasteiger partial charge is 0.303 e. The molecule has 158 valence electrons. The summed E-state index contributed by atoms with van der Waals surface area (Å²) in [5, 5.41) is 39.4. The van der Waals surface area contributed by atoms with E-state index in [1.54, 1.807) is 0 Å². The highest BCUT2D eigenvalue weighted by Gasteiger charge is 2.40. The predicted molar refractivity (Wildman–Crippen MR) is 107 cm³/mol. The topological polar surface area (TPSA) is 98.0 Å². The molecule has 1 fully saturated rings. The zero-order valence-corrected chi connectivity index (χ0v) is 16.9. The molecule has 1 aliphatic carbocycles. The number of aliphatic hydroxyl groups is 3. The van der Waals surface area contributed by atoms with E-state index in [2.05, 4.69) is 6.92 Å². The maximum absolute atomic E-state index is 10.5. The first kappa shape index (κ1) is 24.1. The van der Waals surface area contributed by atoms with Crippen LogP contribution in [0.3, 0.4) is 0 Å². The van der Waals surface area contributed by atoms with Gasteiger partial charge in [-0.2, -0.15) is 0 Å². The highest BCUT2D eigenvalue weighted by Crippen LogP contribution is 2.38. The molecule has 0 radical (unpaired) electrons. The van der Waals surface area contributed by atoms with Crippen molar-refractivity contribution in [3.63, 3.8) is 0 Å². The molecular formula is C22H40O5. The molecule has 4 N–H and O–H groups in total. The normalized spacial score (nSPS) is 26.7. The molecule has 1 saturated carbocycles. The molecule has 5 heteroatoms. The number of carboxylic acid groups (broad SMARTS) is 1. The fourth-order valence-corrected chi connectivity index (χ4v) is 4.16. The number of hydrogen-bond donors (Lipinski definition) is 4. The molecule has 1 aliphatic rings. The van der Waals surface area contributed by atoms with Gasteiger partial charge in [0.05, 0.1) is 18.3 Å². The number of hydrogen-bond acceptors (Lipinski definition) is 4. The molecule has 1 rings (SSSR count). The summed E-state index contributed by atoms with van der Waals surface area (Å²) in [6, 6.07) is 0. The van der Waals surface area contributed by atoms with Crippen LogP contribution in [0.5, 0.6) is 0 Å². The molecule has 5 atom stereocenters. The number of aliphatic hydroxyl groups excluding tert-OH is 3. The van der Waals surface area contributed by atoms with E-state index in [9.17, 15) is 20.1 Å². The lowest BCUT2D eigenvalue weighted by Gasteiger charge is -2.23. The van der Waals surface area contributed by atoms with Crippen LogP contribution in [0.4, 0.5) is 0 Å². The van der Waals surface area contributed by atoms with Gasteiger partial charge in [-0.05, 0) is 56.8 Å². The summed E-state index contributed by atoms with van der Waals surface area (Å²) >= 11 is 0. The van der Waals surface area contributed by atoms with Crippen molar-refractivity contribution in [3.8, 4) is 0 Å². The Labute approximate surface area is 164 Å². The van der Waals surface area contributed by atoms with E-state index in [1.165, 1.54) is 25.7 Å². The minimum atomic E-state index is -0.776. The summed E-state index contributed by atoms with van der Waals surface area (Å²) in [4.78, 5) is 10.5. The maximum atomic E-state index is 10.5. The summed E-state index contributed by atoms with van der Waals surface area (Å²) < 4.78 is 0.